The van der Waals surface area contributed by atoms with Gasteiger partial charge in [0.25, 0.3) is 0 Å². The number of nitrogens with zero attached hydrogens (tertiary/aromatic N) is 5. The van der Waals surface area contributed by atoms with Crippen molar-refractivity contribution in [2.75, 3.05) is 0 Å². The molecule has 0 saturated carbocycles. The summed E-state index contributed by atoms with van der Waals surface area (Å²) in [4.78, 5) is 20.5. The molecule has 0 radical (unpaired) electrons. The van der Waals surface area contributed by atoms with Crippen LogP contribution in [0.2, 0.25) is 0 Å². The fraction of sp³-hybridized carbons (Fsp3) is 0. The van der Waals surface area contributed by atoms with E-state index in [1.54, 1.807) is 0 Å². The molecule has 10 aromatic carbocycles. The van der Waals surface area contributed by atoms with E-state index in [9.17, 15) is 0 Å². The highest BCUT2D eigenvalue weighted by atomic mass is 16.3. The minimum absolute atomic E-state index is 0.612. The van der Waals surface area contributed by atoms with Crippen molar-refractivity contribution < 1.29 is 4.42 Å². The Labute approximate surface area is 402 Å². The van der Waals surface area contributed by atoms with Gasteiger partial charge in [-0.1, -0.05) is 182 Å². The summed E-state index contributed by atoms with van der Waals surface area (Å²) < 4.78 is 8.95. The Hall–Kier alpha value is -9.52. The number of benzene rings is 10. The predicted molar refractivity (Wildman–Crippen MR) is 287 cm³/mol. The first kappa shape index (κ1) is 39.6. The first-order chi connectivity index (χ1) is 34.7. The third-order valence-corrected chi connectivity index (χ3v) is 13.7. The van der Waals surface area contributed by atoms with E-state index in [0.717, 1.165) is 99.5 Å². The van der Waals surface area contributed by atoms with E-state index < -0.39 is 0 Å². The second-order valence-corrected chi connectivity index (χ2v) is 17.7. The lowest BCUT2D eigenvalue weighted by molar-refractivity contribution is 0.669. The van der Waals surface area contributed by atoms with Gasteiger partial charge in [-0.3, -0.25) is 0 Å². The van der Waals surface area contributed by atoms with E-state index in [2.05, 4.69) is 199 Å². The first-order valence-corrected chi connectivity index (χ1v) is 23.5. The van der Waals surface area contributed by atoms with E-state index in [1.807, 2.05) is 42.5 Å². The Bertz CT molecular complexity index is 4260. The van der Waals surface area contributed by atoms with Crippen molar-refractivity contribution in [3.63, 3.8) is 0 Å². The van der Waals surface area contributed by atoms with E-state index in [-0.39, 0.29) is 0 Å². The molecule has 4 aromatic heterocycles. The fourth-order valence-electron chi connectivity index (χ4n) is 10.4. The zero-order valence-electron chi connectivity index (χ0n) is 37.7. The van der Waals surface area contributed by atoms with Gasteiger partial charge in [0.15, 0.2) is 17.5 Å². The van der Waals surface area contributed by atoms with Gasteiger partial charge in [0.1, 0.15) is 11.2 Å². The van der Waals surface area contributed by atoms with Gasteiger partial charge in [-0.25, -0.2) is 19.9 Å². The van der Waals surface area contributed by atoms with Crippen molar-refractivity contribution in [3.8, 4) is 73.4 Å². The zero-order chi connectivity index (χ0) is 46.1. The average Bonchev–Trinajstić information content (AvgIpc) is 3.98. The molecule has 0 unspecified atom stereocenters. The molecule has 0 N–H and O–H groups in total. The molecule has 14 rings (SSSR count). The third-order valence-electron chi connectivity index (χ3n) is 13.7. The minimum atomic E-state index is 0.612. The maximum atomic E-state index is 6.63. The van der Waals surface area contributed by atoms with Crippen LogP contribution in [0.25, 0.3) is 139 Å². The summed E-state index contributed by atoms with van der Waals surface area (Å²) in [5.41, 5.74) is 15.2. The number of aromatic nitrogens is 5. The summed E-state index contributed by atoms with van der Waals surface area (Å²) in [6.07, 6.45) is 0. The van der Waals surface area contributed by atoms with Crippen LogP contribution in [-0.4, -0.2) is 24.5 Å². The van der Waals surface area contributed by atoms with E-state index in [0.29, 0.717) is 17.5 Å². The van der Waals surface area contributed by atoms with Gasteiger partial charge in [-0.15, -0.1) is 0 Å². The SMILES string of the molecule is c1ccc(-c2nc(-c3ccc(-c4ccc(-c5c6c(cc7c(-c8ccccc8)nc8ccccc8c57)oc5ccccc56)cc4)cc3)nc(-c3ccc(-n4c5ccccc5c5ccccc54)cc3)n2)cc1. The minimum Gasteiger partial charge on any atom is -0.456 e. The molecule has 4 heterocycles. The van der Waals surface area contributed by atoms with Crippen LogP contribution >= 0.6 is 0 Å². The largest absolute Gasteiger partial charge is 0.456 e. The number of furan rings is 1. The smallest absolute Gasteiger partial charge is 0.164 e. The summed E-state index contributed by atoms with van der Waals surface area (Å²) in [5, 5.41) is 7.97. The Morgan fingerprint density at radius 1 is 0.300 bits per heavy atom. The van der Waals surface area contributed by atoms with Gasteiger partial charge in [0, 0.05) is 71.2 Å². The molecule has 0 saturated heterocycles. The molecule has 0 bridgehead atoms. The lowest BCUT2D eigenvalue weighted by Crippen LogP contribution is -2.00. The molecule has 0 aliphatic heterocycles. The van der Waals surface area contributed by atoms with Gasteiger partial charge in [-0.2, -0.15) is 0 Å². The highest BCUT2D eigenvalue weighted by Crippen LogP contribution is 2.46. The van der Waals surface area contributed by atoms with Crippen molar-refractivity contribution in [3.05, 3.63) is 237 Å². The number of hydrogen-bond donors (Lipinski definition) is 0. The van der Waals surface area contributed by atoms with Crippen LogP contribution in [0.5, 0.6) is 0 Å². The number of rotatable bonds is 7. The standard InChI is InChI=1S/C64H39N5O/c1-3-15-43(16-4-1)61-52-39-57-60(51-22-10-14-26-56(51)70-57)58(59(52)50-21-7-11-23-53(50)65-61)42-31-27-40(28-32-42)41-29-33-45(34-30-41)63-66-62(44-17-5-2-6-18-44)67-64(68-63)46-35-37-47(38-36-46)69-54-24-12-8-19-48(54)49-20-9-13-25-55(49)69/h1-39H. The maximum absolute atomic E-state index is 6.63. The molecular weight excluding hydrogens is 855 g/mol. The normalized spacial score (nSPS) is 11.7. The van der Waals surface area contributed by atoms with Crippen LogP contribution in [-0.2, 0) is 0 Å². The maximum Gasteiger partial charge on any atom is 0.164 e. The van der Waals surface area contributed by atoms with Crippen molar-refractivity contribution in [1.82, 2.24) is 24.5 Å². The van der Waals surface area contributed by atoms with Gasteiger partial charge in [0.2, 0.25) is 0 Å². The highest BCUT2D eigenvalue weighted by molar-refractivity contribution is 6.27. The molecule has 14 aromatic rings. The topological polar surface area (TPSA) is 69.6 Å². The molecule has 0 aliphatic carbocycles. The van der Waals surface area contributed by atoms with Crippen LogP contribution in [0.4, 0.5) is 0 Å². The molecule has 0 fully saturated rings. The summed E-state index contributed by atoms with van der Waals surface area (Å²) in [6.45, 7) is 0. The lowest BCUT2D eigenvalue weighted by atomic mass is 9.89. The van der Waals surface area contributed by atoms with Crippen LogP contribution < -0.4 is 0 Å². The van der Waals surface area contributed by atoms with Gasteiger partial charge in [-0.05, 0) is 71.3 Å². The van der Waals surface area contributed by atoms with Crippen LogP contribution in [0, 0.1) is 0 Å². The van der Waals surface area contributed by atoms with Crippen LogP contribution in [0.15, 0.2) is 241 Å². The van der Waals surface area contributed by atoms with Crippen molar-refractivity contribution in [2.45, 2.75) is 0 Å². The molecule has 6 nitrogen and oxygen atoms in total. The first-order valence-electron chi connectivity index (χ1n) is 23.5. The summed E-state index contributed by atoms with van der Waals surface area (Å²) in [6, 6.07) is 82.7. The average molecular weight is 894 g/mol. The number of hydrogen-bond acceptors (Lipinski definition) is 5. The predicted octanol–water partition coefficient (Wildman–Crippen LogP) is 16.6. The zero-order valence-corrected chi connectivity index (χ0v) is 37.7. The molecule has 0 atom stereocenters. The summed E-state index contributed by atoms with van der Waals surface area (Å²) >= 11 is 0. The summed E-state index contributed by atoms with van der Waals surface area (Å²) in [7, 11) is 0. The molecule has 70 heavy (non-hydrogen) atoms. The Morgan fingerprint density at radius 2 is 0.757 bits per heavy atom. The molecular formula is C64H39N5O. The second kappa shape index (κ2) is 16.1. The van der Waals surface area contributed by atoms with Crippen molar-refractivity contribution in [1.29, 1.82) is 0 Å². The Morgan fingerprint density at radius 3 is 1.37 bits per heavy atom. The number of fused-ring (bicyclic) bond motifs is 9. The van der Waals surface area contributed by atoms with Gasteiger partial charge >= 0.3 is 0 Å². The molecule has 0 aliphatic rings. The van der Waals surface area contributed by atoms with Crippen molar-refractivity contribution in [2.24, 2.45) is 0 Å². The number of para-hydroxylation sites is 4. The van der Waals surface area contributed by atoms with E-state index >= 15 is 0 Å². The lowest BCUT2D eigenvalue weighted by Gasteiger charge is -2.16. The quantitative estimate of drug-likeness (QED) is 0.149. The van der Waals surface area contributed by atoms with E-state index in [1.165, 1.54) is 21.8 Å². The Kier molecular flexibility index (Phi) is 9.10. The van der Waals surface area contributed by atoms with Gasteiger partial charge in [0.05, 0.1) is 22.2 Å². The van der Waals surface area contributed by atoms with Gasteiger partial charge < -0.3 is 8.98 Å². The van der Waals surface area contributed by atoms with Crippen LogP contribution in [0.1, 0.15) is 0 Å². The molecule has 326 valence electrons. The molecule has 0 spiro atoms. The third kappa shape index (κ3) is 6.49. The van der Waals surface area contributed by atoms with Crippen LogP contribution in [0.3, 0.4) is 0 Å². The summed E-state index contributed by atoms with van der Waals surface area (Å²) in [5.74, 6) is 1.85. The fourth-order valence-corrected chi connectivity index (χ4v) is 10.4. The molecule has 0 amide bonds. The number of pyridine rings is 1. The Balaban J connectivity index is 0.849. The molecule has 6 heteroatoms. The second-order valence-electron chi connectivity index (χ2n) is 17.7. The monoisotopic (exact) mass is 893 g/mol. The van der Waals surface area contributed by atoms with Crippen molar-refractivity contribution >= 4 is 65.4 Å². The highest BCUT2D eigenvalue weighted by Gasteiger charge is 2.22. The van der Waals surface area contributed by atoms with E-state index in [4.69, 9.17) is 24.4 Å².